The number of nitrogens with zero attached hydrogens (tertiary/aromatic N) is 3. The molecule has 0 aromatic carbocycles. The molecule has 0 spiro atoms. The van der Waals surface area contributed by atoms with Crippen LogP contribution in [0.15, 0.2) is 30.7 Å². The molecule has 2 heterocycles. The van der Waals surface area contributed by atoms with Crippen molar-refractivity contribution in [3.05, 3.63) is 47.3 Å². The van der Waals surface area contributed by atoms with E-state index in [2.05, 4.69) is 21.5 Å². The van der Waals surface area contributed by atoms with Crippen molar-refractivity contribution in [2.24, 2.45) is 0 Å². The molecule has 0 bridgehead atoms. The molecule has 2 aromatic rings. The first-order chi connectivity index (χ1) is 8.70. The van der Waals surface area contributed by atoms with E-state index in [0.717, 1.165) is 18.8 Å². The SMILES string of the molecule is CCCn1ccnc1CC(O)c1ccc(Cl)cn1. The highest BCUT2D eigenvalue weighted by atomic mass is 35.5. The summed E-state index contributed by atoms with van der Waals surface area (Å²) in [6, 6.07) is 3.46. The topological polar surface area (TPSA) is 50.9 Å². The summed E-state index contributed by atoms with van der Waals surface area (Å²) in [6.07, 6.45) is 6.08. The van der Waals surface area contributed by atoms with Crippen molar-refractivity contribution in [3.63, 3.8) is 0 Å². The molecule has 18 heavy (non-hydrogen) atoms. The number of hydrogen-bond donors (Lipinski definition) is 1. The Bertz CT molecular complexity index is 495. The number of aromatic nitrogens is 3. The number of hydrogen-bond acceptors (Lipinski definition) is 3. The van der Waals surface area contributed by atoms with Crippen LogP contribution in [0.3, 0.4) is 0 Å². The number of halogens is 1. The lowest BCUT2D eigenvalue weighted by Crippen LogP contribution is -2.10. The first kappa shape index (κ1) is 13.1. The number of imidazole rings is 1. The predicted molar refractivity (Wildman–Crippen MR) is 70.4 cm³/mol. The van der Waals surface area contributed by atoms with Gasteiger partial charge in [-0.25, -0.2) is 4.98 Å². The fourth-order valence-corrected chi connectivity index (χ4v) is 1.95. The van der Waals surface area contributed by atoms with Crippen molar-refractivity contribution in [2.45, 2.75) is 32.4 Å². The third-order valence-electron chi connectivity index (χ3n) is 2.73. The highest BCUT2D eigenvalue weighted by Crippen LogP contribution is 2.17. The second kappa shape index (κ2) is 5.98. The molecular formula is C13H16ClN3O. The molecule has 1 atom stereocenters. The van der Waals surface area contributed by atoms with Gasteiger partial charge in [0, 0.05) is 31.6 Å². The van der Waals surface area contributed by atoms with Gasteiger partial charge >= 0.3 is 0 Å². The summed E-state index contributed by atoms with van der Waals surface area (Å²) in [5.41, 5.74) is 0.616. The number of aliphatic hydroxyl groups excluding tert-OH is 1. The Labute approximate surface area is 111 Å². The zero-order valence-corrected chi connectivity index (χ0v) is 11.0. The Hall–Kier alpha value is -1.39. The van der Waals surface area contributed by atoms with E-state index < -0.39 is 6.10 Å². The van der Waals surface area contributed by atoms with Gasteiger partial charge in [0.05, 0.1) is 10.7 Å². The lowest BCUT2D eigenvalue weighted by atomic mass is 10.1. The first-order valence-electron chi connectivity index (χ1n) is 6.00. The van der Waals surface area contributed by atoms with Gasteiger partial charge in [-0.2, -0.15) is 0 Å². The zero-order valence-electron chi connectivity index (χ0n) is 10.3. The monoisotopic (exact) mass is 265 g/mol. The molecule has 0 aliphatic heterocycles. The van der Waals surface area contributed by atoms with Crippen molar-refractivity contribution in [1.29, 1.82) is 0 Å². The van der Waals surface area contributed by atoms with Gasteiger partial charge in [0.2, 0.25) is 0 Å². The second-order valence-electron chi connectivity index (χ2n) is 4.16. The lowest BCUT2D eigenvalue weighted by molar-refractivity contribution is 0.169. The number of aliphatic hydroxyl groups is 1. The normalized spacial score (nSPS) is 12.6. The van der Waals surface area contributed by atoms with Crippen molar-refractivity contribution < 1.29 is 5.11 Å². The average Bonchev–Trinajstić information content (AvgIpc) is 2.78. The maximum Gasteiger partial charge on any atom is 0.111 e. The van der Waals surface area contributed by atoms with Gasteiger partial charge in [-0.15, -0.1) is 0 Å². The fourth-order valence-electron chi connectivity index (χ4n) is 1.84. The van der Waals surface area contributed by atoms with Crippen LogP contribution in [0, 0.1) is 0 Å². The smallest absolute Gasteiger partial charge is 0.111 e. The van der Waals surface area contributed by atoms with Crippen molar-refractivity contribution in [3.8, 4) is 0 Å². The van der Waals surface area contributed by atoms with E-state index in [0.29, 0.717) is 17.1 Å². The zero-order chi connectivity index (χ0) is 13.0. The van der Waals surface area contributed by atoms with Crippen LogP contribution in [0.2, 0.25) is 5.02 Å². The maximum atomic E-state index is 10.1. The van der Waals surface area contributed by atoms with Crippen LogP contribution in [0.4, 0.5) is 0 Å². The van der Waals surface area contributed by atoms with E-state index in [-0.39, 0.29) is 0 Å². The van der Waals surface area contributed by atoms with Gasteiger partial charge in [0.25, 0.3) is 0 Å². The van der Waals surface area contributed by atoms with Gasteiger partial charge in [0.1, 0.15) is 11.9 Å². The molecule has 0 radical (unpaired) electrons. The third kappa shape index (κ3) is 3.09. The summed E-state index contributed by atoms with van der Waals surface area (Å²) >= 11 is 5.76. The summed E-state index contributed by atoms with van der Waals surface area (Å²) in [5.74, 6) is 0.876. The van der Waals surface area contributed by atoms with E-state index >= 15 is 0 Å². The van der Waals surface area contributed by atoms with E-state index in [1.54, 1.807) is 24.5 Å². The lowest BCUT2D eigenvalue weighted by Gasteiger charge is -2.11. The van der Waals surface area contributed by atoms with Crippen LogP contribution in [0.1, 0.15) is 31.0 Å². The Morgan fingerprint density at radius 3 is 2.89 bits per heavy atom. The molecule has 0 fully saturated rings. The molecule has 96 valence electrons. The third-order valence-corrected chi connectivity index (χ3v) is 2.96. The Kier molecular flexibility index (Phi) is 4.33. The highest BCUT2D eigenvalue weighted by molar-refractivity contribution is 6.30. The molecule has 2 aromatic heterocycles. The van der Waals surface area contributed by atoms with E-state index in [9.17, 15) is 5.11 Å². The van der Waals surface area contributed by atoms with Gasteiger partial charge in [-0.05, 0) is 18.6 Å². The summed E-state index contributed by atoms with van der Waals surface area (Å²) in [4.78, 5) is 8.38. The molecule has 0 aliphatic carbocycles. The molecule has 0 aliphatic rings. The molecule has 2 rings (SSSR count). The van der Waals surface area contributed by atoms with E-state index in [1.807, 2.05) is 6.20 Å². The quantitative estimate of drug-likeness (QED) is 0.904. The Morgan fingerprint density at radius 2 is 2.22 bits per heavy atom. The Morgan fingerprint density at radius 1 is 1.39 bits per heavy atom. The standard InChI is InChI=1S/C13H16ClN3O/c1-2-6-17-7-5-15-13(17)8-12(18)11-4-3-10(14)9-16-11/h3-5,7,9,12,18H,2,6,8H2,1H3. The summed E-state index contributed by atoms with van der Waals surface area (Å²) in [7, 11) is 0. The minimum absolute atomic E-state index is 0.460. The van der Waals surface area contributed by atoms with E-state index in [4.69, 9.17) is 11.6 Å². The molecule has 0 saturated heterocycles. The summed E-state index contributed by atoms with van der Waals surface area (Å²) in [6.45, 7) is 3.02. The van der Waals surface area contributed by atoms with Crippen LogP contribution >= 0.6 is 11.6 Å². The summed E-state index contributed by atoms with van der Waals surface area (Å²) in [5, 5.41) is 10.7. The van der Waals surface area contributed by atoms with Crippen LogP contribution in [-0.2, 0) is 13.0 Å². The van der Waals surface area contributed by atoms with Crippen molar-refractivity contribution >= 4 is 11.6 Å². The first-order valence-corrected chi connectivity index (χ1v) is 6.38. The molecule has 0 saturated carbocycles. The molecule has 5 heteroatoms. The predicted octanol–water partition coefficient (Wildman–Crippen LogP) is 2.62. The minimum Gasteiger partial charge on any atom is -0.386 e. The van der Waals surface area contributed by atoms with Crippen molar-refractivity contribution in [2.75, 3.05) is 0 Å². The number of pyridine rings is 1. The average molecular weight is 266 g/mol. The molecule has 1 N–H and O–H groups in total. The van der Waals surface area contributed by atoms with Crippen LogP contribution in [-0.4, -0.2) is 19.6 Å². The van der Waals surface area contributed by atoms with Crippen LogP contribution in [0.5, 0.6) is 0 Å². The highest BCUT2D eigenvalue weighted by Gasteiger charge is 2.13. The van der Waals surface area contributed by atoms with Crippen molar-refractivity contribution in [1.82, 2.24) is 14.5 Å². The molecular weight excluding hydrogens is 250 g/mol. The van der Waals surface area contributed by atoms with Gasteiger partial charge in [-0.3, -0.25) is 4.98 Å². The largest absolute Gasteiger partial charge is 0.386 e. The molecule has 0 amide bonds. The van der Waals surface area contributed by atoms with Gasteiger partial charge in [0.15, 0.2) is 0 Å². The van der Waals surface area contributed by atoms with Gasteiger partial charge in [-0.1, -0.05) is 18.5 Å². The summed E-state index contributed by atoms with van der Waals surface area (Å²) < 4.78 is 2.05. The number of rotatable bonds is 5. The maximum absolute atomic E-state index is 10.1. The fraction of sp³-hybridized carbons (Fsp3) is 0.385. The van der Waals surface area contributed by atoms with E-state index in [1.165, 1.54) is 0 Å². The molecule has 1 unspecified atom stereocenters. The van der Waals surface area contributed by atoms with Gasteiger partial charge < -0.3 is 9.67 Å². The van der Waals surface area contributed by atoms with Crippen LogP contribution in [0.25, 0.3) is 0 Å². The van der Waals surface area contributed by atoms with Crippen LogP contribution < -0.4 is 0 Å². The second-order valence-corrected chi connectivity index (χ2v) is 4.59. The Balaban J connectivity index is 2.08. The minimum atomic E-state index is -0.653. The number of aryl methyl sites for hydroxylation is 1. The molecule has 4 nitrogen and oxygen atoms in total.